The van der Waals surface area contributed by atoms with E-state index in [2.05, 4.69) is 5.32 Å². The lowest BCUT2D eigenvalue weighted by Crippen LogP contribution is -2.08. The topological polar surface area (TPSA) is 90.7 Å². The highest BCUT2D eigenvalue weighted by molar-refractivity contribution is 7.61. The Morgan fingerprint density at radius 2 is 1.70 bits per heavy atom. The van der Waals surface area contributed by atoms with Gasteiger partial charge in [0, 0.05) is 24.0 Å². The van der Waals surface area contributed by atoms with E-state index in [9.17, 15) is 14.7 Å². The number of benzene rings is 1. The minimum Gasteiger partial charge on any atom is -0.360 e. The Labute approximate surface area is 140 Å². The highest BCUT2D eigenvalue weighted by Crippen LogP contribution is 2.59. The van der Waals surface area contributed by atoms with Crippen molar-refractivity contribution in [3.05, 3.63) is 45.4 Å². The molecule has 0 heterocycles. The molecule has 128 valence electrons. The molecule has 0 aromatic heterocycles. The van der Waals surface area contributed by atoms with Crippen LogP contribution < -0.4 is 5.32 Å². The molecule has 9 heteroatoms. The number of nitrogens with zero attached hydrogens (tertiary/aromatic N) is 1. The fourth-order valence-corrected chi connectivity index (χ4v) is 3.46. The monoisotopic (exact) mass is 362 g/mol. The Hall–Kier alpha value is -1.40. The summed E-state index contributed by atoms with van der Waals surface area (Å²) in [6.45, 7) is 6.91. The van der Waals surface area contributed by atoms with Crippen LogP contribution in [0.2, 0.25) is 0 Å². The smallest absolute Gasteiger partial charge is 0.360 e. The van der Waals surface area contributed by atoms with Crippen LogP contribution in [-0.2, 0) is 13.6 Å². The van der Waals surface area contributed by atoms with E-state index in [1.54, 1.807) is 27.7 Å². The molecule has 0 amide bonds. The van der Waals surface area contributed by atoms with Crippen LogP contribution in [0.1, 0.15) is 27.7 Å². The third-order valence-corrected chi connectivity index (χ3v) is 5.18. The van der Waals surface area contributed by atoms with Crippen molar-refractivity contribution in [2.24, 2.45) is 0 Å². The predicted octanol–water partition coefficient (Wildman–Crippen LogP) is 5.09. The number of hydrogen-bond acceptors (Lipinski definition) is 6. The molecule has 1 rings (SSSR count). The summed E-state index contributed by atoms with van der Waals surface area (Å²) in [5, 5.41) is 13.4. The van der Waals surface area contributed by atoms with Crippen LogP contribution >= 0.6 is 19.2 Å². The van der Waals surface area contributed by atoms with Gasteiger partial charge >= 0.3 is 7.60 Å². The van der Waals surface area contributed by atoms with Crippen LogP contribution in [0.15, 0.2) is 35.2 Å². The summed E-state index contributed by atoms with van der Waals surface area (Å²) >= 11 is 6.09. The third-order valence-electron chi connectivity index (χ3n) is 2.40. The second kappa shape index (κ2) is 8.45. The van der Waals surface area contributed by atoms with Crippen LogP contribution in [0.4, 0.5) is 11.4 Å². The molecule has 7 nitrogen and oxygen atoms in total. The largest absolute Gasteiger partial charge is 0.374 e. The number of non-ortho nitro benzene ring substituents is 1. The number of nitrogens with one attached hydrogen (secondary N) is 1. The SMILES string of the molecule is CC(C)OP(=O)(OC(C)C)C(Cl)=CNc1ccc([N+](=O)[O-])cc1. The second-order valence-corrected chi connectivity index (χ2v) is 7.79. The molecule has 0 aliphatic rings. The maximum absolute atomic E-state index is 12.7. The Kier molecular flexibility index (Phi) is 7.22. The minimum absolute atomic E-state index is 0.0254. The third kappa shape index (κ3) is 6.31. The van der Waals surface area contributed by atoms with Crippen LogP contribution in [0.25, 0.3) is 0 Å². The van der Waals surface area contributed by atoms with E-state index < -0.39 is 12.5 Å². The van der Waals surface area contributed by atoms with Crippen LogP contribution in [0.5, 0.6) is 0 Å². The van der Waals surface area contributed by atoms with Crippen molar-refractivity contribution in [1.29, 1.82) is 0 Å². The standard InChI is InChI=1S/C14H20ClN2O5P/c1-10(2)21-23(20,22-11(3)4)14(15)9-16-12-5-7-13(8-6-12)17(18)19/h5-11,16H,1-4H3. The molecule has 0 atom stereocenters. The van der Waals surface area contributed by atoms with Gasteiger partial charge in [0.1, 0.15) is 4.77 Å². The predicted molar refractivity (Wildman–Crippen MR) is 90.7 cm³/mol. The molecule has 0 unspecified atom stereocenters. The van der Waals surface area contributed by atoms with Gasteiger partial charge in [0.2, 0.25) is 0 Å². The number of nitro groups is 1. The maximum atomic E-state index is 12.7. The highest BCUT2D eigenvalue weighted by atomic mass is 35.5. The molecule has 23 heavy (non-hydrogen) atoms. The summed E-state index contributed by atoms with van der Waals surface area (Å²) < 4.78 is 23.3. The lowest BCUT2D eigenvalue weighted by atomic mass is 10.3. The van der Waals surface area contributed by atoms with Gasteiger partial charge in [-0.2, -0.15) is 0 Å². The molecule has 0 radical (unpaired) electrons. The van der Waals surface area contributed by atoms with Gasteiger partial charge in [-0.15, -0.1) is 0 Å². The Balaban J connectivity index is 2.90. The van der Waals surface area contributed by atoms with Crippen LogP contribution in [0, 0.1) is 10.1 Å². The van der Waals surface area contributed by atoms with E-state index in [4.69, 9.17) is 20.6 Å². The number of halogens is 1. The van der Waals surface area contributed by atoms with Gasteiger partial charge in [0.25, 0.3) is 5.69 Å². The first-order chi connectivity index (χ1) is 10.6. The number of rotatable bonds is 8. The molecule has 1 aromatic carbocycles. The van der Waals surface area contributed by atoms with Gasteiger partial charge in [-0.3, -0.25) is 14.7 Å². The van der Waals surface area contributed by atoms with E-state index in [-0.39, 0.29) is 22.7 Å². The maximum Gasteiger partial charge on any atom is 0.374 e. The van der Waals surface area contributed by atoms with Crippen molar-refractivity contribution in [2.75, 3.05) is 5.32 Å². The van der Waals surface area contributed by atoms with Crippen LogP contribution in [-0.4, -0.2) is 17.1 Å². The van der Waals surface area contributed by atoms with Crippen molar-refractivity contribution >= 4 is 30.6 Å². The molecular weight excluding hydrogens is 343 g/mol. The molecule has 0 aliphatic carbocycles. The van der Waals surface area contributed by atoms with E-state index in [0.717, 1.165) is 0 Å². The van der Waals surface area contributed by atoms with Gasteiger partial charge < -0.3 is 14.4 Å². The molecule has 0 saturated heterocycles. The fraction of sp³-hybridized carbons (Fsp3) is 0.429. The van der Waals surface area contributed by atoms with Gasteiger partial charge in [-0.05, 0) is 39.8 Å². The lowest BCUT2D eigenvalue weighted by Gasteiger charge is -2.22. The average Bonchev–Trinajstić information content (AvgIpc) is 2.43. The summed E-state index contributed by atoms with van der Waals surface area (Å²) in [6.07, 6.45) is 0.635. The summed E-state index contributed by atoms with van der Waals surface area (Å²) in [6, 6.07) is 5.71. The lowest BCUT2D eigenvalue weighted by molar-refractivity contribution is -0.384. The van der Waals surface area contributed by atoms with E-state index >= 15 is 0 Å². The van der Waals surface area contributed by atoms with Crippen molar-refractivity contribution in [2.45, 2.75) is 39.9 Å². The zero-order chi connectivity index (χ0) is 17.6. The number of anilines is 1. The van der Waals surface area contributed by atoms with Crippen LogP contribution in [0.3, 0.4) is 0 Å². The van der Waals surface area contributed by atoms with Gasteiger partial charge in [0.05, 0.1) is 17.1 Å². The Morgan fingerprint density at radius 1 is 1.22 bits per heavy atom. The second-order valence-electron chi connectivity index (χ2n) is 5.22. The molecule has 0 fully saturated rings. The van der Waals surface area contributed by atoms with E-state index in [0.29, 0.717) is 5.69 Å². The van der Waals surface area contributed by atoms with Crippen molar-refractivity contribution in [1.82, 2.24) is 0 Å². The normalized spacial score (nSPS) is 12.7. The zero-order valence-corrected chi connectivity index (χ0v) is 15.0. The molecule has 0 aliphatic heterocycles. The van der Waals surface area contributed by atoms with Gasteiger partial charge in [-0.1, -0.05) is 11.6 Å². The number of hydrogen-bond donors (Lipinski definition) is 1. The van der Waals surface area contributed by atoms with Crippen molar-refractivity contribution in [3.63, 3.8) is 0 Å². The summed E-state index contributed by atoms with van der Waals surface area (Å²) in [5.41, 5.74) is 0.525. The molecule has 0 bridgehead atoms. The van der Waals surface area contributed by atoms with Gasteiger partial charge in [-0.25, -0.2) is 0 Å². The fourth-order valence-electron chi connectivity index (χ4n) is 1.58. The molecule has 1 N–H and O–H groups in total. The molecule has 1 aromatic rings. The summed E-state index contributed by atoms with van der Waals surface area (Å²) in [5.74, 6) is 0. The number of nitro benzene ring substituents is 1. The zero-order valence-electron chi connectivity index (χ0n) is 13.4. The molecule has 0 spiro atoms. The first kappa shape index (κ1) is 19.6. The van der Waals surface area contributed by atoms with Gasteiger partial charge in [0.15, 0.2) is 0 Å². The average molecular weight is 363 g/mol. The van der Waals surface area contributed by atoms with E-state index in [1.165, 1.54) is 30.5 Å². The van der Waals surface area contributed by atoms with Crippen molar-refractivity contribution in [3.8, 4) is 0 Å². The van der Waals surface area contributed by atoms with E-state index in [1.807, 2.05) is 0 Å². The summed E-state index contributed by atoms with van der Waals surface area (Å²) in [7, 11) is -3.63. The molecule has 0 saturated carbocycles. The highest BCUT2D eigenvalue weighted by Gasteiger charge is 2.32. The quantitative estimate of drug-likeness (QED) is 0.393. The van der Waals surface area contributed by atoms with Crippen molar-refractivity contribution < 1.29 is 18.5 Å². The summed E-state index contributed by atoms with van der Waals surface area (Å²) in [4.78, 5) is 10.1. The Bertz CT molecular complexity index is 602. The first-order valence-corrected chi connectivity index (χ1v) is 8.90. The first-order valence-electron chi connectivity index (χ1n) is 6.98. The Morgan fingerprint density at radius 3 is 2.09 bits per heavy atom. The molecular formula is C14H20ClN2O5P. The minimum atomic E-state index is -3.63.